The van der Waals surface area contributed by atoms with E-state index in [1.165, 1.54) is 16.0 Å². The average molecular weight is 935 g/mol. The fourth-order valence-corrected chi connectivity index (χ4v) is 11.1. The summed E-state index contributed by atoms with van der Waals surface area (Å²) < 4.78 is 8.40. The van der Waals surface area contributed by atoms with Crippen molar-refractivity contribution in [3.05, 3.63) is 72.1 Å². The third-order valence-corrected chi connectivity index (χ3v) is 14.7. The fraction of sp³-hybridized carbons (Fsp3) is 0.569. The maximum atomic E-state index is 14.8. The average Bonchev–Trinajstić information content (AvgIpc) is 3.82. The number of cyclic esters (lactones) is 1. The molecule has 0 radical (unpaired) electrons. The Morgan fingerprint density at radius 1 is 1.10 bits per heavy atom. The number of rotatable bonds is 8. The SMILES string of the molecule is C=CC(=O)N1CN(C)C2(C1)CN(C(=O)N(C)[C@H](C(=O)N[C@H]1CN3CCC=C(C3)c3ccc4c(c3)c(c(-c3cccnc3[C@H](C)O)n4CC)CC(C)(C)COC(=O)[C@@H]3CCCN(N3)C1=O)C(C)C)C2. The maximum Gasteiger partial charge on any atom is 0.324 e. The van der Waals surface area contributed by atoms with Gasteiger partial charge in [0.05, 0.1) is 36.3 Å². The van der Waals surface area contributed by atoms with Gasteiger partial charge in [-0.3, -0.25) is 39.0 Å². The van der Waals surface area contributed by atoms with Gasteiger partial charge in [-0.05, 0) is 99.5 Å². The van der Waals surface area contributed by atoms with Crippen LogP contribution in [0.5, 0.6) is 0 Å². The molecule has 5 amide bonds. The predicted octanol–water partition coefficient (Wildman–Crippen LogP) is 4.02. The molecule has 8 rings (SSSR count). The van der Waals surface area contributed by atoms with E-state index in [4.69, 9.17) is 4.74 Å². The molecule has 366 valence electrons. The number of nitrogens with one attached hydrogen (secondary N) is 2. The lowest BCUT2D eigenvalue weighted by atomic mass is 9.84. The largest absolute Gasteiger partial charge is 0.464 e. The highest BCUT2D eigenvalue weighted by molar-refractivity contribution is 5.95. The van der Waals surface area contributed by atoms with E-state index in [9.17, 15) is 29.1 Å². The molecule has 1 unspecified atom stereocenters. The summed E-state index contributed by atoms with van der Waals surface area (Å²) in [7, 11) is 3.57. The van der Waals surface area contributed by atoms with Crippen LogP contribution in [0.25, 0.3) is 27.7 Å². The molecule has 5 aliphatic heterocycles. The first-order chi connectivity index (χ1) is 32.3. The number of ether oxygens (including phenoxy) is 1. The summed E-state index contributed by atoms with van der Waals surface area (Å²) in [5, 5.41) is 16.6. The van der Waals surface area contributed by atoms with Crippen LogP contribution in [0.3, 0.4) is 0 Å². The molecule has 0 saturated carbocycles. The Hall–Kier alpha value is -5.62. The van der Waals surface area contributed by atoms with Crippen LogP contribution >= 0.6 is 0 Å². The van der Waals surface area contributed by atoms with Crippen LogP contribution in [-0.4, -0.2) is 171 Å². The van der Waals surface area contributed by atoms with Crippen molar-refractivity contribution in [3.63, 3.8) is 0 Å². The first-order valence-corrected chi connectivity index (χ1v) is 24.2. The van der Waals surface area contributed by atoms with Crippen LogP contribution in [0.4, 0.5) is 4.79 Å². The van der Waals surface area contributed by atoms with Crippen LogP contribution in [0.15, 0.2) is 55.3 Å². The molecule has 3 saturated heterocycles. The number of aromatic nitrogens is 2. The Kier molecular flexibility index (Phi) is 13.9. The van der Waals surface area contributed by atoms with Gasteiger partial charge < -0.3 is 34.4 Å². The van der Waals surface area contributed by atoms with Crippen molar-refractivity contribution in [1.29, 1.82) is 0 Å². The molecule has 3 fully saturated rings. The highest BCUT2D eigenvalue weighted by atomic mass is 16.5. The number of carbonyl (C=O) groups excluding carboxylic acids is 5. The quantitative estimate of drug-likeness (QED) is 0.220. The summed E-state index contributed by atoms with van der Waals surface area (Å²) >= 11 is 0. The summed E-state index contributed by atoms with van der Waals surface area (Å²) in [6.45, 7) is 19.6. The van der Waals surface area contributed by atoms with E-state index < -0.39 is 41.5 Å². The molecular formula is C51H70N10O7. The van der Waals surface area contributed by atoms with Gasteiger partial charge in [-0.2, -0.15) is 0 Å². The molecule has 17 heteroatoms. The number of urea groups is 1. The predicted molar refractivity (Wildman–Crippen MR) is 259 cm³/mol. The van der Waals surface area contributed by atoms with Crippen molar-refractivity contribution in [2.24, 2.45) is 11.3 Å². The van der Waals surface area contributed by atoms with Crippen molar-refractivity contribution in [2.45, 2.75) is 104 Å². The molecule has 6 bridgehead atoms. The molecule has 17 nitrogen and oxygen atoms in total. The molecular weight excluding hydrogens is 865 g/mol. The van der Waals surface area contributed by atoms with Gasteiger partial charge in [-0.15, -0.1) is 0 Å². The second-order valence-corrected chi connectivity index (χ2v) is 20.7. The highest BCUT2D eigenvalue weighted by Gasteiger charge is 2.54. The Bertz CT molecular complexity index is 2490. The number of fused-ring (bicyclic) bond motifs is 6. The van der Waals surface area contributed by atoms with Crippen molar-refractivity contribution >= 4 is 46.2 Å². The van der Waals surface area contributed by atoms with Crippen molar-refractivity contribution < 1.29 is 33.8 Å². The normalized spacial score (nSPS) is 23.9. The van der Waals surface area contributed by atoms with E-state index in [0.717, 1.165) is 45.3 Å². The van der Waals surface area contributed by atoms with Crippen LogP contribution < -0.4 is 10.7 Å². The van der Waals surface area contributed by atoms with E-state index in [-0.39, 0.29) is 42.5 Å². The van der Waals surface area contributed by atoms with Crippen LogP contribution in [-0.2, 0) is 36.9 Å². The first-order valence-electron chi connectivity index (χ1n) is 24.2. The molecule has 3 aromatic rings. The van der Waals surface area contributed by atoms with Crippen LogP contribution in [0, 0.1) is 11.3 Å². The number of carbonyl (C=O) groups is 5. The fourth-order valence-electron chi connectivity index (χ4n) is 11.1. The Balaban J connectivity index is 1.10. The number of hydrogen-bond acceptors (Lipinski definition) is 11. The lowest BCUT2D eigenvalue weighted by Gasteiger charge is -2.52. The van der Waals surface area contributed by atoms with Crippen molar-refractivity contribution in [3.8, 4) is 11.3 Å². The summed E-state index contributed by atoms with van der Waals surface area (Å²) in [6.07, 6.45) is 6.78. The third-order valence-electron chi connectivity index (χ3n) is 14.7. The second kappa shape index (κ2) is 19.4. The highest BCUT2D eigenvalue weighted by Crippen LogP contribution is 2.42. The summed E-state index contributed by atoms with van der Waals surface area (Å²) in [6, 6.07) is 7.46. The Labute approximate surface area is 400 Å². The standard InChI is InChI=1S/C51H70N10O7/c1-10-42(63)59-29-51(55(8)31-59)27-58(28-51)49(67)56(9)44(32(3)4)46(64)53-40-26-57-21-13-15-35(25-57)34-18-19-41-37(23-34)38(45(60(41)11-2)36-16-12-20-52-43(36)33(5)62)24-50(6,7)30-68-48(66)39-17-14-22-61(54-39)47(40)65/h10,12,15-16,18-20,23,32-33,39-40,44,54,62H,1,11,13-14,17,21-22,24-31H2,2-9H3,(H,53,64)/t33-,39-,40-,44-/m0/s1. The number of hydrogen-bond donors (Lipinski definition) is 3. The number of hydrazine groups is 1. The second-order valence-electron chi connectivity index (χ2n) is 20.7. The lowest BCUT2D eigenvalue weighted by Crippen LogP contribution is -2.72. The smallest absolute Gasteiger partial charge is 0.324 e. The number of likely N-dealkylation sites (N-methyl/N-ethyl adjacent to an activating group) is 2. The summed E-state index contributed by atoms with van der Waals surface area (Å²) in [5.41, 5.74) is 8.99. The topological polar surface area (TPSA) is 176 Å². The van der Waals surface area contributed by atoms with E-state index in [1.807, 2.05) is 33.0 Å². The Morgan fingerprint density at radius 3 is 2.56 bits per heavy atom. The van der Waals surface area contributed by atoms with E-state index in [0.29, 0.717) is 77.4 Å². The van der Waals surface area contributed by atoms with Gasteiger partial charge in [0.25, 0.3) is 5.91 Å². The Morgan fingerprint density at radius 2 is 1.85 bits per heavy atom. The third kappa shape index (κ3) is 9.41. The molecule has 7 heterocycles. The van der Waals surface area contributed by atoms with E-state index in [1.54, 1.807) is 30.0 Å². The van der Waals surface area contributed by atoms with Gasteiger partial charge in [-0.1, -0.05) is 46.4 Å². The van der Waals surface area contributed by atoms with Gasteiger partial charge in [0.15, 0.2) is 0 Å². The zero-order valence-corrected chi connectivity index (χ0v) is 41.1. The van der Waals surface area contributed by atoms with Gasteiger partial charge in [0.1, 0.15) is 18.1 Å². The number of likely N-dealkylation sites (tertiary alicyclic amines) is 1. The van der Waals surface area contributed by atoms with Gasteiger partial charge >= 0.3 is 12.0 Å². The number of benzene rings is 1. The molecule has 1 spiro atoms. The number of aliphatic hydroxyl groups excluding tert-OH is 1. The number of pyridine rings is 1. The molecule has 5 atom stereocenters. The number of esters is 1. The number of nitrogens with zero attached hydrogens (tertiary/aromatic N) is 8. The van der Waals surface area contributed by atoms with Gasteiger partial charge in [-0.25, -0.2) is 10.2 Å². The molecule has 0 aliphatic carbocycles. The van der Waals surface area contributed by atoms with E-state index in [2.05, 4.69) is 81.7 Å². The van der Waals surface area contributed by atoms with E-state index >= 15 is 0 Å². The molecule has 3 N–H and O–H groups in total. The number of amides is 5. The maximum absolute atomic E-state index is 14.8. The zero-order chi connectivity index (χ0) is 48.8. The number of aliphatic hydroxyl groups is 1. The van der Waals surface area contributed by atoms with Crippen molar-refractivity contribution in [1.82, 2.24) is 49.8 Å². The zero-order valence-electron chi connectivity index (χ0n) is 41.1. The summed E-state index contributed by atoms with van der Waals surface area (Å²) in [4.78, 5) is 83.7. The minimum Gasteiger partial charge on any atom is -0.464 e. The first kappa shape index (κ1) is 48.8. The van der Waals surface area contributed by atoms with Gasteiger partial charge in [0.2, 0.25) is 11.8 Å². The van der Waals surface area contributed by atoms with Crippen molar-refractivity contribution in [2.75, 3.05) is 73.2 Å². The van der Waals surface area contributed by atoms with Crippen LogP contribution in [0.1, 0.15) is 83.7 Å². The molecule has 5 aliphatic rings. The number of aryl methyl sites for hydroxylation is 1. The molecule has 1 aromatic carbocycles. The van der Waals surface area contributed by atoms with Gasteiger partial charge in [0, 0.05) is 87.5 Å². The lowest BCUT2D eigenvalue weighted by molar-refractivity contribution is -0.155. The minimum absolute atomic E-state index is 0.121. The van der Waals surface area contributed by atoms with Crippen LogP contribution in [0.2, 0.25) is 0 Å². The molecule has 2 aromatic heterocycles. The molecule has 68 heavy (non-hydrogen) atoms. The minimum atomic E-state index is -1.02. The monoisotopic (exact) mass is 935 g/mol. The summed E-state index contributed by atoms with van der Waals surface area (Å²) in [5.74, 6) is -1.73.